The van der Waals surface area contributed by atoms with Crippen LogP contribution in [-0.4, -0.2) is 9.97 Å². The van der Waals surface area contributed by atoms with Crippen molar-refractivity contribution in [1.82, 2.24) is 9.97 Å². The van der Waals surface area contributed by atoms with E-state index in [1.54, 1.807) is 0 Å². The zero-order valence-electron chi connectivity index (χ0n) is 12.9. The summed E-state index contributed by atoms with van der Waals surface area (Å²) in [4.78, 5) is 9.74. The Morgan fingerprint density at radius 2 is 1.48 bits per heavy atom. The monoisotopic (exact) mass is 322 g/mol. The van der Waals surface area contributed by atoms with E-state index >= 15 is 0 Å². The fourth-order valence-corrected chi connectivity index (χ4v) is 2.45. The molecule has 3 rings (SSSR count). The predicted molar refractivity (Wildman–Crippen MR) is 94.0 cm³/mol. The van der Waals surface area contributed by atoms with E-state index in [0.717, 1.165) is 17.1 Å². The van der Waals surface area contributed by atoms with Crippen molar-refractivity contribution in [2.75, 3.05) is 0 Å². The smallest absolute Gasteiger partial charge is 0.231 e. The third-order valence-electron chi connectivity index (χ3n) is 3.50. The highest BCUT2D eigenvalue weighted by atomic mass is 32.1. The van der Waals surface area contributed by atoms with Gasteiger partial charge < -0.3 is 4.74 Å². The van der Waals surface area contributed by atoms with Crippen molar-refractivity contribution >= 4 is 12.6 Å². The molecule has 0 spiro atoms. The molecule has 4 heteroatoms. The summed E-state index contributed by atoms with van der Waals surface area (Å²) in [6.45, 7) is 2.39. The summed E-state index contributed by atoms with van der Waals surface area (Å²) >= 11 is 4.48. The van der Waals surface area contributed by atoms with E-state index in [1.165, 1.54) is 5.56 Å². The van der Waals surface area contributed by atoms with Crippen molar-refractivity contribution < 1.29 is 4.74 Å². The van der Waals surface area contributed by atoms with Crippen molar-refractivity contribution in [3.8, 4) is 5.88 Å². The van der Waals surface area contributed by atoms with Gasteiger partial charge in [0.1, 0.15) is 12.4 Å². The summed E-state index contributed by atoms with van der Waals surface area (Å²) in [6.07, 6.45) is 0.678. The first-order valence-corrected chi connectivity index (χ1v) is 7.94. The highest BCUT2D eigenvalue weighted by molar-refractivity contribution is 7.80. The number of nitrogens with zero attached hydrogens (tertiary/aromatic N) is 2. The van der Waals surface area contributed by atoms with Crippen molar-refractivity contribution in [3.63, 3.8) is 0 Å². The molecule has 0 saturated carbocycles. The Labute approximate surface area is 141 Å². The first-order valence-electron chi connectivity index (χ1n) is 7.49. The molecule has 0 aliphatic carbocycles. The minimum absolute atomic E-state index is 0.468. The van der Waals surface area contributed by atoms with Gasteiger partial charge in [0.15, 0.2) is 0 Å². The molecule has 0 aliphatic heterocycles. The molecule has 0 aliphatic rings. The third-order valence-corrected chi connectivity index (χ3v) is 4.01. The van der Waals surface area contributed by atoms with E-state index < -0.39 is 0 Å². The van der Waals surface area contributed by atoms with Gasteiger partial charge in [-0.15, -0.1) is 12.6 Å². The molecule has 0 unspecified atom stereocenters. The maximum absolute atomic E-state index is 5.85. The van der Waals surface area contributed by atoms with Gasteiger partial charge >= 0.3 is 0 Å². The second-order valence-electron chi connectivity index (χ2n) is 5.32. The van der Waals surface area contributed by atoms with Crippen molar-refractivity contribution in [2.45, 2.75) is 24.8 Å². The predicted octanol–water partition coefficient (Wildman–Crippen LogP) is 4.24. The lowest BCUT2D eigenvalue weighted by Crippen LogP contribution is -2.05. The number of hydrogen-bond donors (Lipinski definition) is 1. The molecule has 116 valence electrons. The van der Waals surface area contributed by atoms with Crippen LogP contribution in [-0.2, 0) is 13.0 Å². The van der Waals surface area contributed by atoms with Gasteiger partial charge in [-0.05, 0) is 18.1 Å². The fraction of sp³-hybridized carbons (Fsp3) is 0.158. The summed E-state index contributed by atoms with van der Waals surface area (Å²) in [5.41, 5.74) is 3.10. The lowest BCUT2D eigenvalue weighted by atomic mass is 10.1. The Bertz CT molecular complexity index is 776. The number of aryl methyl sites for hydroxylation is 1. The quantitative estimate of drug-likeness (QED) is 0.713. The molecule has 23 heavy (non-hydrogen) atoms. The topological polar surface area (TPSA) is 35.0 Å². The number of ether oxygens (including phenoxy) is 1. The van der Waals surface area contributed by atoms with E-state index in [9.17, 15) is 0 Å². The van der Waals surface area contributed by atoms with Gasteiger partial charge in [0.25, 0.3) is 0 Å². The molecule has 0 bridgehead atoms. The zero-order chi connectivity index (χ0) is 16.1. The molecule has 2 aromatic carbocycles. The Hall–Kier alpha value is -2.33. The molecule has 1 heterocycles. The van der Waals surface area contributed by atoms with E-state index in [2.05, 4.69) is 34.7 Å². The largest absolute Gasteiger partial charge is 0.472 e. The first-order chi connectivity index (χ1) is 11.2. The van der Waals surface area contributed by atoms with Crippen LogP contribution >= 0.6 is 12.6 Å². The minimum atomic E-state index is 0.468. The van der Waals surface area contributed by atoms with Crippen LogP contribution in [0.2, 0.25) is 0 Å². The van der Waals surface area contributed by atoms with Crippen LogP contribution in [0.5, 0.6) is 5.88 Å². The van der Waals surface area contributed by atoms with Gasteiger partial charge in [-0.2, -0.15) is 4.98 Å². The second-order valence-corrected chi connectivity index (χ2v) is 5.76. The van der Waals surface area contributed by atoms with Gasteiger partial charge in [0.05, 0.1) is 10.6 Å². The van der Waals surface area contributed by atoms with E-state index in [0.29, 0.717) is 23.8 Å². The van der Waals surface area contributed by atoms with Gasteiger partial charge in [-0.25, -0.2) is 4.98 Å². The van der Waals surface area contributed by atoms with Crippen molar-refractivity contribution in [2.24, 2.45) is 0 Å². The van der Waals surface area contributed by atoms with Crippen LogP contribution in [0, 0.1) is 6.92 Å². The average Bonchev–Trinajstić information content (AvgIpc) is 2.58. The van der Waals surface area contributed by atoms with Crippen LogP contribution in [0.25, 0.3) is 0 Å². The third kappa shape index (κ3) is 4.11. The highest BCUT2D eigenvalue weighted by Crippen LogP contribution is 2.24. The van der Waals surface area contributed by atoms with Crippen LogP contribution in [0.3, 0.4) is 0 Å². The molecule has 0 amide bonds. The molecule has 3 nitrogen and oxygen atoms in total. The van der Waals surface area contributed by atoms with Crippen molar-refractivity contribution in [3.05, 3.63) is 83.3 Å². The Morgan fingerprint density at radius 3 is 2.13 bits per heavy atom. The Balaban J connectivity index is 1.79. The summed E-state index contributed by atoms with van der Waals surface area (Å²) in [6, 6.07) is 20.2. The lowest BCUT2D eigenvalue weighted by molar-refractivity contribution is 0.283. The van der Waals surface area contributed by atoms with E-state index in [1.807, 2.05) is 55.5 Å². The molecular formula is C19H18N2OS. The molecule has 0 radical (unpaired) electrons. The van der Waals surface area contributed by atoms with Gasteiger partial charge in [0.2, 0.25) is 5.88 Å². The molecule has 0 fully saturated rings. The van der Waals surface area contributed by atoms with Gasteiger partial charge in [0, 0.05) is 6.42 Å². The van der Waals surface area contributed by atoms with Crippen LogP contribution < -0.4 is 4.74 Å². The maximum Gasteiger partial charge on any atom is 0.231 e. The normalized spacial score (nSPS) is 10.5. The number of hydrogen-bond acceptors (Lipinski definition) is 4. The van der Waals surface area contributed by atoms with Crippen LogP contribution in [0.1, 0.15) is 22.6 Å². The van der Waals surface area contributed by atoms with Gasteiger partial charge in [-0.3, -0.25) is 0 Å². The van der Waals surface area contributed by atoms with E-state index in [-0.39, 0.29) is 0 Å². The maximum atomic E-state index is 5.85. The Morgan fingerprint density at radius 1 is 0.870 bits per heavy atom. The number of aromatic nitrogens is 2. The summed E-state index contributed by atoms with van der Waals surface area (Å²) in [5.74, 6) is 1.28. The van der Waals surface area contributed by atoms with Crippen molar-refractivity contribution in [1.29, 1.82) is 0 Å². The first kappa shape index (κ1) is 15.6. The molecule has 0 N–H and O–H groups in total. The SMILES string of the molecule is Cc1nc(Cc2ccccc2)nc(OCc2ccccc2)c1S. The van der Waals surface area contributed by atoms with Crippen LogP contribution in [0.15, 0.2) is 65.6 Å². The number of benzene rings is 2. The standard InChI is InChI=1S/C19H18N2OS/c1-14-18(23)19(22-13-16-10-6-3-7-11-16)21-17(20-14)12-15-8-4-2-5-9-15/h2-11,23H,12-13H2,1H3. The van der Waals surface area contributed by atoms with E-state index in [4.69, 9.17) is 4.74 Å². The number of rotatable bonds is 5. The minimum Gasteiger partial charge on any atom is -0.472 e. The summed E-state index contributed by atoms with van der Waals surface area (Å²) in [5, 5.41) is 0. The molecule has 0 saturated heterocycles. The summed E-state index contributed by atoms with van der Waals surface area (Å²) < 4.78 is 5.85. The molecular weight excluding hydrogens is 304 g/mol. The molecule has 1 aromatic heterocycles. The van der Waals surface area contributed by atoms with Gasteiger partial charge in [-0.1, -0.05) is 60.7 Å². The number of thiol groups is 1. The highest BCUT2D eigenvalue weighted by Gasteiger charge is 2.11. The lowest BCUT2D eigenvalue weighted by Gasteiger charge is -2.11. The Kier molecular flexibility index (Phi) is 4.93. The molecule has 3 aromatic rings. The zero-order valence-corrected chi connectivity index (χ0v) is 13.8. The fourth-order valence-electron chi connectivity index (χ4n) is 2.28. The van der Waals surface area contributed by atoms with Crippen LogP contribution in [0.4, 0.5) is 0 Å². The molecule has 0 atom stereocenters. The summed E-state index contributed by atoms with van der Waals surface area (Å²) in [7, 11) is 0. The second kappa shape index (κ2) is 7.29. The average molecular weight is 322 g/mol.